The van der Waals surface area contributed by atoms with Gasteiger partial charge < -0.3 is 79.6 Å². The van der Waals surface area contributed by atoms with Crippen molar-refractivity contribution < 1.29 is 111 Å². The van der Waals surface area contributed by atoms with Crippen LogP contribution in [-0.2, 0) is 115 Å². The molecular weight excluding hydrogens is 1930 g/mol. The van der Waals surface area contributed by atoms with Crippen LogP contribution in [0.4, 0.5) is 0 Å². The molecule has 0 aliphatic carbocycles. The molecule has 2 heterocycles. The van der Waals surface area contributed by atoms with Gasteiger partial charge in [0, 0.05) is 95.3 Å². The average Bonchev–Trinajstić information content (AvgIpc) is 1.21. The number of aliphatic carboxylic acids is 1. The molecule has 1 saturated heterocycles. The van der Waals surface area contributed by atoms with Crippen molar-refractivity contribution in [2.24, 2.45) is 23.3 Å². The van der Waals surface area contributed by atoms with Gasteiger partial charge in [-0.15, -0.1) is 0 Å². The summed E-state index contributed by atoms with van der Waals surface area (Å²) in [6.07, 6.45) is 1.51. The topological polar surface area (TPSA) is 674 Å². The number of aromatic hydroxyl groups is 1. The highest BCUT2D eigenvalue weighted by molar-refractivity contribution is 6.43. The van der Waals surface area contributed by atoms with Gasteiger partial charge in [0.25, 0.3) is 0 Å². The van der Waals surface area contributed by atoms with E-state index in [9.17, 15) is 87.2 Å². The first kappa shape index (κ1) is 129. The molecule has 4 aromatic rings. The van der Waals surface area contributed by atoms with Gasteiger partial charge in [-0.1, -0.05) is 146 Å². The van der Waals surface area contributed by atoms with Gasteiger partial charge in [-0.05, 0) is 174 Å². The van der Waals surface area contributed by atoms with Crippen molar-refractivity contribution in [1.29, 1.82) is 0 Å². The average molecular weight is 2100 g/mol. The summed E-state index contributed by atoms with van der Waals surface area (Å²) >= 11 is 0. The molecule has 0 saturated carbocycles. The molecule has 0 unspecified atom stereocenters. The van der Waals surface area contributed by atoms with E-state index >= 15 is 24.0 Å². The largest absolute Gasteiger partial charge is 0.508 e. The third kappa shape index (κ3) is 46.3. The Bertz CT molecular complexity index is 5150. The Labute approximate surface area is 879 Å². The van der Waals surface area contributed by atoms with Crippen molar-refractivity contribution in [2.45, 2.75) is 379 Å². The Morgan fingerprint density at radius 3 is 1.56 bits per heavy atom. The summed E-state index contributed by atoms with van der Waals surface area (Å²) in [4.78, 5) is 282. The van der Waals surface area contributed by atoms with E-state index in [1.807, 2.05) is 13.8 Å². The summed E-state index contributed by atoms with van der Waals surface area (Å²) in [5.41, 5.74) is 27.0. The molecule has 1 fully saturated rings. The lowest BCUT2D eigenvalue weighted by Gasteiger charge is -2.33. The first-order valence-electron chi connectivity index (χ1n) is 52.5. The Morgan fingerprint density at radius 1 is 0.500 bits per heavy atom. The summed E-state index contributed by atoms with van der Waals surface area (Å²) in [6, 6.07) is 4.02. The second-order valence-electron chi connectivity index (χ2n) is 41.0. The van der Waals surface area contributed by atoms with Crippen molar-refractivity contribution in [2.75, 3.05) is 39.4 Å². The number of primary amides is 2. The highest BCUT2D eigenvalue weighted by Gasteiger charge is 2.45. The number of aliphatic hydroxyl groups is 1. The van der Waals surface area contributed by atoms with Crippen LogP contribution in [0.1, 0.15) is 268 Å². The van der Waals surface area contributed by atoms with Crippen LogP contribution in [-0.4, -0.2) is 284 Å². The lowest BCUT2D eigenvalue weighted by molar-refractivity contribution is -0.144. The number of carboxylic acids is 1. The number of Topliss-reactive ketones (excluding diaryl/α,β-unsaturated/α-hetero) is 13. The lowest BCUT2D eigenvalue weighted by Crippen LogP contribution is -2.65. The van der Waals surface area contributed by atoms with E-state index in [0.29, 0.717) is 79.0 Å². The summed E-state index contributed by atoms with van der Waals surface area (Å²) in [5, 5.41) is 64.0. The molecule has 1 aliphatic rings. The molecular formula is C107H166N20O23. The maximum absolute atomic E-state index is 15.7. The number of hydrogen-bond donors (Lipinski definition) is 23. The number of aromatic nitrogens is 1. The van der Waals surface area contributed by atoms with Gasteiger partial charge in [-0.25, -0.2) is 32.6 Å². The smallest absolute Gasteiger partial charge is 0.303 e. The molecule has 0 spiro atoms. The number of carbonyl (C=O) groups is 20. The number of rotatable bonds is 55. The number of H-pyrrole nitrogens is 1. The number of carbonyl (C=O) groups excluding carboxylic acids is 19. The van der Waals surface area contributed by atoms with Gasteiger partial charge in [0.1, 0.15) is 41.5 Å². The normalized spacial score (nSPS) is 21.6. The maximum Gasteiger partial charge on any atom is 0.303 e. The van der Waals surface area contributed by atoms with Crippen LogP contribution in [0.5, 0.6) is 5.75 Å². The number of ketones is 13. The number of nitrogens with two attached hydrogens (primary N) is 2. The van der Waals surface area contributed by atoms with Gasteiger partial charge >= 0.3 is 5.97 Å². The summed E-state index contributed by atoms with van der Waals surface area (Å²) in [5.74, 6) is -14.9. The van der Waals surface area contributed by atoms with E-state index in [4.69, 9.17) is 11.5 Å². The van der Waals surface area contributed by atoms with Crippen molar-refractivity contribution in [3.63, 3.8) is 0 Å². The van der Waals surface area contributed by atoms with Crippen LogP contribution in [0, 0.1) is 11.8 Å². The first-order valence-corrected chi connectivity index (χ1v) is 52.5. The molecule has 0 bridgehead atoms. The monoisotopic (exact) mass is 2100 g/mol. The second-order valence-corrected chi connectivity index (χ2v) is 41.0. The number of hydrazine groups is 3. The van der Waals surface area contributed by atoms with E-state index < -0.39 is 228 Å². The lowest BCUT2D eigenvalue weighted by atomic mass is 9.85. The van der Waals surface area contributed by atoms with Crippen LogP contribution in [0.3, 0.4) is 0 Å². The van der Waals surface area contributed by atoms with Crippen molar-refractivity contribution in [1.82, 2.24) is 96.0 Å². The number of phenolic OH excluding ortho intramolecular Hbond substituents is 1. The molecule has 0 radical (unpaired) electrons. The number of phenols is 1. The quantitative estimate of drug-likeness (QED) is 0.0130. The summed E-state index contributed by atoms with van der Waals surface area (Å²) in [6.45, 7) is 23.6. The molecule has 3 aromatic carbocycles. The first-order chi connectivity index (χ1) is 70.8. The van der Waals surface area contributed by atoms with Crippen LogP contribution in [0.2, 0.25) is 0 Å². The maximum atomic E-state index is 15.7. The third-order valence-electron chi connectivity index (χ3n) is 27.1. The van der Waals surface area contributed by atoms with E-state index in [2.05, 4.69) is 96.0 Å². The van der Waals surface area contributed by atoms with Crippen molar-refractivity contribution in [3.8, 4) is 5.75 Å². The van der Waals surface area contributed by atoms with Gasteiger partial charge in [0.15, 0.2) is 40.5 Å². The Balaban J connectivity index is 1.44. The van der Waals surface area contributed by atoms with Gasteiger partial charge in [-0.2, -0.15) is 0 Å². The molecule has 832 valence electrons. The SMILES string of the molecule is CC(=O)N[C@@H](CC(C)C)C(=O)N[C@H](C(=O)C(=O)[C@H](Cc1ccccc1)NN[C@]1(C)CCCCCCCCCCC[C@@](C)(C(=O)CN[C@@H](C)C(=O)CCN[C@@H](C)C(=O)CCC(=O)[C@H](C)NCCC(=O)[C@H](C)NCCC(=O)[C@H](C)NCN[C@H](C)C(N)=O)NC(=O)[C@H](CC(C)C)NN[C@@H](CCC(N)=O)C(=O)CN[C@@H](C)C(=O)CC(=O)[C@H](Cc2c[nH]c3ccccc23)NN[C@@H](Cc2ccc(O)cc2)C(=O)N[C@@H](CCC(=O)O)C(=O)C1=O)[C@@H](C)O. The molecule has 150 heavy (non-hydrogen) atoms. The second kappa shape index (κ2) is 66.3. The Kier molecular flexibility index (Phi) is 57.0. The number of hydrogen-bond acceptors (Lipinski definition) is 35. The minimum Gasteiger partial charge on any atom is -0.508 e. The Hall–Kier alpha value is -11.6. The molecule has 5 rings (SSSR count). The zero-order valence-electron chi connectivity index (χ0n) is 89.8. The molecule has 1 aromatic heterocycles. The molecule has 6 amide bonds. The van der Waals surface area contributed by atoms with Crippen LogP contribution in [0.15, 0.2) is 85.1 Å². The van der Waals surface area contributed by atoms with Crippen LogP contribution < -0.4 is 103 Å². The van der Waals surface area contributed by atoms with E-state index in [-0.39, 0.29) is 169 Å². The van der Waals surface area contributed by atoms with Crippen LogP contribution in [0.25, 0.3) is 10.9 Å². The van der Waals surface area contributed by atoms with E-state index in [1.54, 1.807) is 123 Å². The van der Waals surface area contributed by atoms with Gasteiger partial charge in [-0.3, -0.25) is 107 Å². The highest BCUT2D eigenvalue weighted by Crippen LogP contribution is 2.26. The van der Waals surface area contributed by atoms with Crippen molar-refractivity contribution >= 4 is 127 Å². The van der Waals surface area contributed by atoms with Crippen LogP contribution >= 0.6 is 0 Å². The molecule has 18 atom stereocenters. The predicted molar refractivity (Wildman–Crippen MR) is 564 cm³/mol. The number of fused-ring (bicyclic) bond motifs is 1. The highest BCUT2D eigenvalue weighted by atomic mass is 16.4. The number of nitrogens with one attached hydrogen (secondary N) is 18. The Morgan fingerprint density at radius 2 is 1.01 bits per heavy atom. The fraction of sp³-hybridized carbons (Fsp3) is 0.626. The number of aliphatic hydroxyl groups excluding tert-OH is 1. The van der Waals surface area contributed by atoms with Crippen molar-refractivity contribution in [3.05, 3.63) is 102 Å². The number of amides is 6. The minimum atomic E-state index is -2.08. The summed E-state index contributed by atoms with van der Waals surface area (Å²) < 4.78 is 0. The number of para-hydroxylation sites is 1. The molecule has 43 nitrogen and oxygen atoms in total. The van der Waals surface area contributed by atoms with Gasteiger partial charge in [0.05, 0.1) is 103 Å². The standard InChI is InChI=1S/C107H166N20O23/c1-62(2)52-83(118-72(13)129)103(148)120-97(71(12)128)100(145)98(143)82(54-73-30-24-23-25-31-73)126-127-107(15)48-29-22-20-18-16-17-19-21-28-47-106(14,94(139)60-114-67(8)89(134)45-50-111-65(6)87(132)41-40-86(131)64(5)110-49-44-88(133)66(7)112-51-46-90(135)68(9)116-61-117-70(11)102(109)147)121-105(150)84(53-63(3)4)124-122-79(38-42-95(108)140)93(138)59-113-69(10)91(136)57-92(137)81(56-75-58-115-78-33-27-26-32-77(75)78)123-125-85(55-74-34-36-76(130)37-35-74)104(149)119-80(39-43-96(141)142)99(144)101(107)146/h23-27,30-37,58,62-71,79-85,97,110-117,122-128,130H,16-22,28-29,38-57,59-61H2,1-15H3,(H2,108,140)(H2,109,147)(H,118,129)(H,119,149)(H,120,148)(H,121,150)(H,141,142)/t64-,65-,66-,67-,68-,69-,70+,71+,79-,80-,81-,82-,83-,84-,85-,97-,106-,107+/m0/s1. The fourth-order valence-corrected chi connectivity index (χ4v) is 17.1. The number of aromatic amines is 1. The molecule has 43 heteroatoms. The van der Waals surface area contributed by atoms with E-state index in [0.717, 1.165) is 0 Å². The number of carboxylic acid groups (broad SMARTS) is 1. The predicted octanol–water partition coefficient (Wildman–Crippen LogP) is 2.07. The fourth-order valence-electron chi connectivity index (χ4n) is 17.1. The third-order valence-corrected chi connectivity index (χ3v) is 27.1. The van der Waals surface area contributed by atoms with Gasteiger partial charge in [0.2, 0.25) is 58.6 Å². The summed E-state index contributed by atoms with van der Waals surface area (Å²) in [7, 11) is 0. The number of benzene rings is 3. The zero-order valence-corrected chi connectivity index (χ0v) is 89.8. The zero-order chi connectivity index (χ0) is 112. The molecule has 1 aliphatic heterocycles. The van der Waals surface area contributed by atoms with E-state index in [1.165, 1.54) is 52.0 Å². The minimum absolute atomic E-state index is 0.0573. The molecule has 25 N–H and O–H groups in total.